The van der Waals surface area contributed by atoms with Gasteiger partial charge in [-0.2, -0.15) is 15.4 Å². The Bertz CT molecular complexity index is 604. The van der Waals surface area contributed by atoms with Crippen molar-refractivity contribution >= 4 is 5.91 Å². The van der Waals surface area contributed by atoms with Crippen molar-refractivity contribution in [2.45, 2.75) is 13.0 Å². The first-order valence-electron chi connectivity index (χ1n) is 5.79. The Labute approximate surface area is 104 Å². The van der Waals surface area contributed by atoms with E-state index < -0.39 is 5.91 Å². The Morgan fingerprint density at radius 1 is 1.28 bits per heavy atom. The molecule has 0 aliphatic carbocycles. The molecule has 0 saturated carbocycles. The summed E-state index contributed by atoms with van der Waals surface area (Å²) in [6, 6.07) is 6.05. The van der Waals surface area contributed by atoms with Crippen molar-refractivity contribution in [1.82, 2.24) is 20.7 Å². The van der Waals surface area contributed by atoms with Crippen LogP contribution < -0.4 is 11.1 Å². The van der Waals surface area contributed by atoms with E-state index in [1.165, 1.54) is 11.1 Å². The van der Waals surface area contributed by atoms with Crippen LogP contribution in [-0.4, -0.2) is 27.9 Å². The first-order valence-corrected chi connectivity index (χ1v) is 5.79. The first kappa shape index (κ1) is 10.9. The highest BCUT2D eigenvalue weighted by Gasteiger charge is 2.17. The Morgan fingerprint density at radius 3 is 3.00 bits per heavy atom. The van der Waals surface area contributed by atoms with Crippen LogP contribution in [0.25, 0.3) is 11.3 Å². The molecule has 6 heteroatoms. The second kappa shape index (κ2) is 4.23. The van der Waals surface area contributed by atoms with Gasteiger partial charge in [-0.05, 0) is 30.2 Å². The second-order valence-corrected chi connectivity index (χ2v) is 4.30. The molecule has 0 unspecified atom stereocenters. The van der Waals surface area contributed by atoms with Gasteiger partial charge >= 0.3 is 0 Å². The quantitative estimate of drug-likeness (QED) is 0.702. The lowest BCUT2D eigenvalue weighted by Gasteiger charge is -2.17. The molecule has 6 nitrogen and oxygen atoms in total. The van der Waals surface area contributed by atoms with E-state index in [0.717, 1.165) is 25.1 Å². The topological polar surface area (TPSA) is 96.7 Å². The molecule has 1 amide bonds. The Balaban J connectivity index is 2.06. The summed E-state index contributed by atoms with van der Waals surface area (Å²) in [5, 5.41) is 13.5. The van der Waals surface area contributed by atoms with Crippen LogP contribution in [0.2, 0.25) is 0 Å². The molecule has 0 radical (unpaired) electrons. The first-order chi connectivity index (χ1) is 8.75. The van der Waals surface area contributed by atoms with E-state index in [9.17, 15) is 4.79 Å². The molecule has 1 aromatic heterocycles. The van der Waals surface area contributed by atoms with Crippen LogP contribution in [0.1, 0.15) is 21.6 Å². The molecule has 18 heavy (non-hydrogen) atoms. The number of aromatic amines is 1. The summed E-state index contributed by atoms with van der Waals surface area (Å²) >= 11 is 0. The minimum Gasteiger partial charge on any atom is -0.364 e. The van der Waals surface area contributed by atoms with E-state index in [0.29, 0.717) is 5.69 Å². The molecule has 0 saturated heterocycles. The molecular formula is C12H13N5O. The zero-order valence-corrected chi connectivity index (χ0v) is 9.73. The number of rotatable bonds is 2. The number of primary amides is 1. The molecule has 1 aliphatic rings. The number of hydrogen-bond acceptors (Lipinski definition) is 4. The van der Waals surface area contributed by atoms with Crippen LogP contribution in [0, 0.1) is 0 Å². The molecule has 0 bridgehead atoms. The third-order valence-electron chi connectivity index (χ3n) is 3.15. The number of carbonyl (C=O) groups excluding carboxylic acids is 1. The number of carbonyl (C=O) groups is 1. The van der Waals surface area contributed by atoms with Crippen LogP contribution in [0.3, 0.4) is 0 Å². The van der Waals surface area contributed by atoms with Crippen LogP contribution >= 0.6 is 0 Å². The van der Waals surface area contributed by atoms with Crippen molar-refractivity contribution in [2.75, 3.05) is 6.54 Å². The maximum absolute atomic E-state index is 11.2. The molecule has 1 aromatic carbocycles. The number of aromatic nitrogens is 3. The predicted molar refractivity (Wildman–Crippen MR) is 65.7 cm³/mol. The van der Waals surface area contributed by atoms with Gasteiger partial charge in [0.1, 0.15) is 5.69 Å². The molecule has 2 heterocycles. The molecule has 1 aliphatic heterocycles. The van der Waals surface area contributed by atoms with E-state index >= 15 is 0 Å². The average Bonchev–Trinajstić information content (AvgIpc) is 2.87. The van der Waals surface area contributed by atoms with Gasteiger partial charge in [-0.3, -0.25) is 4.79 Å². The smallest absolute Gasteiger partial charge is 0.271 e. The Morgan fingerprint density at radius 2 is 2.17 bits per heavy atom. The fourth-order valence-electron chi connectivity index (χ4n) is 2.23. The van der Waals surface area contributed by atoms with Gasteiger partial charge in [-0.1, -0.05) is 12.1 Å². The lowest BCUT2D eigenvalue weighted by atomic mass is 9.97. The zero-order chi connectivity index (χ0) is 12.5. The van der Waals surface area contributed by atoms with Gasteiger partial charge < -0.3 is 11.1 Å². The van der Waals surface area contributed by atoms with Crippen molar-refractivity contribution in [3.8, 4) is 11.3 Å². The van der Waals surface area contributed by atoms with Crippen LogP contribution in [-0.2, 0) is 13.0 Å². The van der Waals surface area contributed by atoms with Crippen LogP contribution in [0.4, 0.5) is 0 Å². The summed E-state index contributed by atoms with van der Waals surface area (Å²) < 4.78 is 0. The number of benzene rings is 1. The number of nitrogens with one attached hydrogen (secondary N) is 2. The van der Waals surface area contributed by atoms with Gasteiger partial charge in [0, 0.05) is 12.1 Å². The minimum atomic E-state index is -0.571. The van der Waals surface area contributed by atoms with Crippen molar-refractivity contribution in [3.05, 3.63) is 35.0 Å². The minimum absolute atomic E-state index is 0.184. The summed E-state index contributed by atoms with van der Waals surface area (Å²) in [6.07, 6.45) is 0.979. The molecule has 0 atom stereocenters. The van der Waals surface area contributed by atoms with E-state index in [2.05, 4.69) is 32.9 Å². The molecule has 0 fully saturated rings. The zero-order valence-electron chi connectivity index (χ0n) is 9.73. The average molecular weight is 243 g/mol. The summed E-state index contributed by atoms with van der Waals surface area (Å²) in [5.41, 5.74) is 9.41. The Kier molecular flexibility index (Phi) is 2.56. The van der Waals surface area contributed by atoms with Crippen LogP contribution in [0.5, 0.6) is 0 Å². The largest absolute Gasteiger partial charge is 0.364 e. The predicted octanol–water partition coefficient (Wildman–Crippen LogP) is 0.216. The molecular weight excluding hydrogens is 230 g/mol. The number of nitrogens with two attached hydrogens (primary N) is 1. The van der Waals surface area contributed by atoms with Crippen molar-refractivity contribution in [1.29, 1.82) is 0 Å². The molecule has 2 aromatic rings. The number of H-pyrrole nitrogens is 1. The summed E-state index contributed by atoms with van der Waals surface area (Å²) in [7, 11) is 0. The standard InChI is InChI=1S/C12H13N5O/c13-12(18)11-10(15-17-16-11)8-1-2-9-6-14-4-3-7(9)5-8/h1-2,5,14H,3-4,6H2,(H2,13,18)(H,15,16,17). The highest BCUT2D eigenvalue weighted by atomic mass is 16.1. The molecule has 4 N–H and O–H groups in total. The Hall–Kier alpha value is -2.21. The third kappa shape index (κ3) is 1.76. The monoisotopic (exact) mass is 243 g/mol. The van der Waals surface area contributed by atoms with Gasteiger partial charge in [0.2, 0.25) is 0 Å². The van der Waals surface area contributed by atoms with Gasteiger partial charge in [0.25, 0.3) is 5.91 Å². The van der Waals surface area contributed by atoms with E-state index in [1.54, 1.807) is 0 Å². The summed E-state index contributed by atoms with van der Waals surface area (Å²) in [4.78, 5) is 11.2. The van der Waals surface area contributed by atoms with Crippen molar-refractivity contribution in [3.63, 3.8) is 0 Å². The molecule has 0 spiro atoms. The number of hydrogen-bond donors (Lipinski definition) is 3. The van der Waals surface area contributed by atoms with Crippen molar-refractivity contribution < 1.29 is 4.79 Å². The van der Waals surface area contributed by atoms with Crippen LogP contribution in [0.15, 0.2) is 18.2 Å². The van der Waals surface area contributed by atoms with Gasteiger partial charge in [0.15, 0.2) is 5.69 Å². The van der Waals surface area contributed by atoms with E-state index in [1.807, 2.05) is 6.07 Å². The highest BCUT2D eigenvalue weighted by molar-refractivity contribution is 5.96. The van der Waals surface area contributed by atoms with Gasteiger partial charge in [-0.15, -0.1) is 0 Å². The lowest BCUT2D eigenvalue weighted by Crippen LogP contribution is -2.23. The highest BCUT2D eigenvalue weighted by Crippen LogP contribution is 2.24. The second-order valence-electron chi connectivity index (χ2n) is 4.30. The summed E-state index contributed by atoms with van der Waals surface area (Å²) in [5.74, 6) is -0.571. The fraction of sp³-hybridized carbons (Fsp3) is 0.250. The normalized spacial score (nSPS) is 14.2. The lowest BCUT2D eigenvalue weighted by molar-refractivity contribution is 0.0996. The SMILES string of the molecule is NC(=O)c1n[nH]nc1-c1ccc2c(c1)CCNC2. The number of nitrogens with zero attached hydrogens (tertiary/aromatic N) is 2. The number of fused-ring (bicyclic) bond motifs is 1. The maximum atomic E-state index is 11.2. The van der Waals surface area contributed by atoms with Gasteiger partial charge in [0.05, 0.1) is 0 Å². The number of amides is 1. The van der Waals surface area contributed by atoms with Gasteiger partial charge in [-0.25, -0.2) is 0 Å². The summed E-state index contributed by atoms with van der Waals surface area (Å²) in [6.45, 7) is 1.86. The van der Waals surface area contributed by atoms with E-state index in [4.69, 9.17) is 5.73 Å². The molecule has 3 rings (SSSR count). The van der Waals surface area contributed by atoms with Crippen molar-refractivity contribution in [2.24, 2.45) is 5.73 Å². The fourth-order valence-corrected chi connectivity index (χ4v) is 2.23. The maximum Gasteiger partial charge on any atom is 0.271 e. The van der Waals surface area contributed by atoms with E-state index in [-0.39, 0.29) is 5.69 Å². The molecule has 92 valence electrons. The third-order valence-corrected chi connectivity index (χ3v) is 3.15.